The van der Waals surface area contributed by atoms with Gasteiger partial charge in [0.1, 0.15) is 0 Å². The molecule has 1 N–H and O–H groups in total. The minimum absolute atomic E-state index is 0.101. The van der Waals surface area contributed by atoms with Crippen LogP contribution in [0.25, 0.3) is 0 Å². The molecule has 0 aromatic rings. The topological polar surface area (TPSA) is 29.1 Å². The molecule has 0 aromatic carbocycles. The van der Waals surface area contributed by atoms with Gasteiger partial charge in [0.25, 0.3) is 5.92 Å². The Morgan fingerprint density at radius 3 is 2.20 bits per heavy atom. The molecule has 0 aromatic heterocycles. The van der Waals surface area contributed by atoms with Crippen molar-refractivity contribution in [3.05, 3.63) is 0 Å². The van der Waals surface area contributed by atoms with Crippen LogP contribution in [0.15, 0.2) is 0 Å². The number of carbonyl (C=O) groups is 1. The first-order valence-electron chi connectivity index (χ1n) is 3.20. The summed E-state index contributed by atoms with van der Waals surface area (Å²) in [7, 11) is 0. The maximum Gasteiger partial charge on any atom is 0.252 e. The fraction of sp³-hybridized carbons (Fsp3) is 0.833. The van der Waals surface area contributed by atoms with Gasteiger partial charge in [0.15, 0.2) is 0 Å². The molecule has 4 heteroatoms. The molecule has 1 saturated carbocycles. The van der Waals surface area contributed by atoms with Gasteiger partial charge in [-0.2, -0.15) is 0 Å². The molecule has 1 heterocycles. The first-order chi connectivity index (χ1) is 4.52. The summed E-state index contributed by atoms with van der Waals surface area (Å²) >= 11 is 0. The molecule has 0 atom stereocenters. The van der Waals surface area contributed by atoms with Crippen LogP contribution < -0.4 is 5.32 Å². The Bertz CT molecular complexity index is 184. The molecule has 0 bridgehead atoms. The zero-order chi connectivity index (χ0) is 7.41. The van der Waals surface area contributed by atoms with Crippen LogP contribution in [0.5, 0.6) is 0 Å². The number of hydrogen-bond acceptors (Lipinski definition) is 1. The average Bonchev–Trinajstić information content (AvgIpc) is 1.55. The number of rotatable bonds is 0. The molecule has 0 unspecified atom stereocenters. The van der Waals surface area contributed by atoms with Crippen molar-refractivity contribution in [1.82, 2.24) is 5.32 Å². The van der Waals surface area contributed by atoms with Gasteiger partial charge in [-0.1, -0.05) is 0 Å². The second kappa shape index (κ2) is 1.33. The average molecular weight is 147 g/mol. The number of nitrogens with one attached hydrogen (secondary N) is 1. The first kappa shape index (κ1) is 6.07. The molecule has 1 spiro atoms. The van der Waals surface area contributed by atoms with Crippen molar-refractivity contribution in [3.8, 4) is 0 Å². The predicted octanol–water partition coefficient (Wildman–Crippen LogP) is 0.674. The number of halogens is 2. The van der Waals surface area contributed by atoms with Crippen LogP contribution in [0, 0.1) is 0 Å². The lowest BCUT2D eigenvalue weighted by Crippen LogP contribution is -2.71. The molecule has 1 amide bonds. The van der Waals surface area contributed by atoms with Crippen molar-refractivity contribution in [1.29, 1.82) is 0 Å². The predicted molar refractivity (Wildman–Crippen MR) is 29.7 cm³/mol. The second-order valence-corrected chi connectivity index (χ2v) is 3.21. The van der Waals surface area contributed by atoms with E-state index in [1.165, 1.54) is 0 Å². The van der Waals surface area contributed by atoms with Gasteiger partial charge in [-0.05, 0) is 0 Å². The summed E-state index contributed by atoms with van der Waals surface area (Å²) in [5.41, 5.74) is -0.499. The largest absolute Gasteiger partial charge is 0.350 e. The van der Waals surface area contributed by atoms with Crippen LogP contribution in [-0.2, 0) is 4.79 Å². The lowest BCUT2D eigenvalue weighted by Gasteiger charge is -2.53. The van der Waals surface area contributed by atoms with E-state index in [1.807, 2.05) is 0 Å². The molecule has 0 radical (unpaired) electrons. The van der Waals surface area contributed by atoms with Crippen molar-refractivity contribution >= 4 is 5.91 Å². The summed E-state index contributed by atoms with van der Waals surface area (Å²) in [4.78, 5) is 10.4. The maximum absolute atomic E-state index is 12.2. The third-order valence-electron chi connectivity index (χ3n) is 2.10. The zero-order valence-corrected chi connectivity index (χ0v) is 5.29. The van der Waals surface area contributed by atoms with Gasteiger partial charge in [0.05, 0.1) is 12.0 Å². The van der Waals surface area contributed by atoms with Crippen LogP contribution >= 0.6 is 0 Å². The first-order valence-corrected chi connectivity index (χ1v) is 3.20. The molecule has 2 aliphatic rings. The standard InChI is InChI=1S/C6H7F2NO/c7-6(8)2-5(3-6)1-4(10)9-5/h1-3H2,(H,9,10). The van der Waals surface area contributed by atoms with Crippen LogP contribution in [0.4, 0.5) is 8.78 Å². The monoisotopic (exact) mass is 147 g/mol. The third-order valence-corrected chi connectivity index (χ3v) is 2.10. The van der Waals surface area contributed by atoms with E-state index in [-0.39, 0.29) is 18.7 Å². The van der Waals surface area contributed by atoms with E-state index in [2.05, 4.69) is 5.32 Å². The van der Waals surface area contributed by atoms with Gasteiger partial charge in [-0.3, -0.25) is 4.79 Å². The van der Waals surface area contributed by atoms with Crippen molar-refractivity contribution in [2.45, 2.75) is 30.7 Å². The van der Waals surface area contributed by atoms with E-state index in [0.717, 1.165) is 0 Å². The Morgan fingerprint density at radius 1 is 1.40 bits per heavy atom. The van der Waals surface area contributed by atoms with Crippen LogP contribution in [0.2, 0.25) is 0 Å². The van der Waals surface area contributed by atoms with Gasteiger partial charge in [-0.25, -0.2) is 8.78 Å². The highest BCUT2D eigenvalue weighted by Crippen LogP contribution is 2.50. The summed E-state index contributed by atoms with van der Waals surface area (Å²) < 4.78 is 24.5. The summed E-state index contributed by atoms with van der Waals surface area (Å²) in [6.07, 6.45) is -0.0277. The summed E-state index contributed by atoms with van der Waals surface area (Å²) in [6.45, 7) is 0. The Morgan fingerprint density at radius 2 is 1.90 bits per heavy atom. The van der Waals surface area contributed by atoms with E-state index < -0.39 is 11.5 Å². The lowest BCUT2D eigenvalue weighted by molar-refractivity contribution is -0.172. The number of β-lactam (4-membered cyclic amide) rings is 1. The summed E-state index contributed by atoms with van der Waals surface area (Å²) in [5.74, 6) is -2.62. The Labute approximate surface area is 56.6 Å². The van der Waals surface area contributed by atoms with E-state index in [0.29, 0.717) is 6.42 Å². The van der Waals surface area contributed by atoms with Crippen molar-refractivity contribution in [2.24, 2.45) is 0 Å². The highest BCUT2D eigenvalue weighted by Gasteiger charge is 2.62. The van der Waals surface area contributed by atoms with Gasteiger partial charge in [-0.15, -0.1) is 0 Å². The molecule has 2 fully saturated rings. The highest BCUT2D eigenvalue weighted by molar-refractivity contribution is 5.85. The van der Waals surface area contributed by atoms with Crippen LogP contribution in [-0.4, -0.2) is 17.4 Å². The van der Waals surface area contributed by atoms with Crippen molar-refractivity contribution < 1.29 is 13.6 Å². The van der Waals surface area contributed by atoms with Crippen molar-refractivity contribution in [2.75, 3.05) is 0 Å². The second-order valence-electron chi connectivity index (χ2n) is 3.21. The number of carbonyl (C=O) groups excluding carboxylic acids is 1. The minimum Gasteiger partial charge on any atom is -0.350 e. The van der Waals surface area contributed by atoms with Gasteiger partial charge >= 0.3 is 0 Å². The Hall–Kier alpha value is -0.670. The molecule has 10 heavy (non-hydrogen) atoms. The Kier molecular flexibility index (Phi) is 0.808. The molecule has 1 aliphatic heterocycles. The van der Waals surface area contributed by atoms with Gasteiger partial charge in [0, 0.05) is 12.8 Å². The smallest absolute Gasteiger partial charge is 0.252 e. The fourth-order valence-electron chi connectivity index (χ4n) is 1.74. The molecular formula is C6H7F2NO. The summed E-state index contributed by atoms with van der Waals surface area (Å²) in [5, 5.41) is 2.49. The van der Waals surface area contributed by atoms with E-state index in [4.69, 9.17) is 0 Å². The molecule has 56 valence electrons. The van der Waals surface area contributed by atoms with Crippen molar-refractivity contribution in [3.63, 3.8) is 0 Å². The molecular weight excluding hydrogens is 140 g/mol. The molecule has 1 aliphatic carbocycles. The molecule has 1 saturated heterocycles. The Balaban J connectivity index is 1.96. The van der Waals surface area contributed by atoms with Gasteiger partial charge < -0.3 is 5.32 Å². The molecule has 2 nitrogen and oxygen atoms in total. The van der Waals surface area contributed by atoms with Crippen LogP contribution in [0.3, 0.4) is 0 Å². The maximum atomic E-state index is 12.2. The van der Waals surface area contributed by atoms with E-state index in [1.54, 1.807) is 0 Å². The van der Waals surface area contributed by atoms with Crippen LogP contribution in [0.1, 0.15) is 19.3 Å². The lowest BCUT2D eigenvalue weighted by atomic mass is 9.67. The molecule has 2 rings (SSSR count). The summed E-state index contributed by atoms with van der Waals surface area (Å²) in [6, 6.07) is 0. The minimum atomic E-state index is -2.52. The van der Waals surface area contributed by atoms with E-state index in [9.17, 15) is 13.6 Å². The third kappa shape index (κ3) is 0.646. The fourth-order valence-corrected chi connectivity index (χ4v) is 1.74. The number of hydrogen-bond donors (Lipinski definition) is 1. The zero-order valence-electron chi connectivity index (χ0n) is 5.29. The SMILES string of the molecule is O=C1CC2(CC(F)(F)C2)N1. The quantitative estimate of drug-likeness (QED) is 0.501. The van der Waals surface area contributed by atoms with Gasteiger partial charge in [0.2, 0.25) is 5.91 Å². The van der Waals surface area contributed by atoms with E-state index >= 15 is 0 Å². The number of alkyl halides is 2. The normalized spacial score (nSPS) is 32.4. The highest BCUT2D eigenvalue weighted by atomic mass is 19.3. The number of amides is 1.